The number of ether oxygens (including phenoxy) is 4. The molecule has 3 rings (SSSR count). The molecule has 146 valence electrons. The zero-order valence-corrected chi connectivity index (χ0v) is 15.9. The molecule has 0 saturated heterocycles. The third kappa shape index (κ3) is 3.71. The van der Waals surface area contributed by atoms with E-state index in [4.69, 9.17) is 23.4 Å². The lowest BCUT2D eigenvalue weighted by Gasteiger charge is -2.12. The van der Waals surface area contributed by atoms with Gasteiger partial charge in [0.1, 0.15) is 0 Å². The number of carbonyl (C=O) groups is 1. The summed E-state index contributed by atoms with van der Waals surface area (Å²) < 4.78 is 26.7. The smallest absolute Gasteiger partial charge is 0.307 e. The summed E-state index contributed by atoms with van der Waals surface area (Å²) in [6.07, 6.45) is 1.46. The highest BCUT2D eigenvalue weighted by Gasteiger charge is 2.15. The van der Waals surface area contributed by atoms with Crippen molar-refractivity contribution < 1.29 is 28.2 Å². The van der Waals surface area contributed by atoms with Crippen molar-refractivity contribution in [2.45, 2.75) is 0 Å². The van der Waals surface area contributed by atoms with Crippen LogP contribution in [0, 0.1) is 0 Å². The van der Waals surface area contributed by atoms with Gasteiger partial charge in [-0.05, 0) is 24.3 Å². The van der Waals surface area contributed by atoms with Gasteiger partial charge in [0.05, 0.1) is 34.7 Å². The first kappa shape index (κ1) is 19.1. The lowest BCUT2D eigenvalue weighted by molar-refractivity contribution is 0.0929. The van der Waals surface area contributed by atoms with E-state index in [-0.39, 0.29) is 5.76 Å². The number of para-hydroxylation sites is 1. The Morgan fingerprint density at radius 1 is 0.964 bits per heavy atom. The fourth-order valence-corrected chi connectivity index (χ4v) is 2.71. The Morgan fingerprint density at radius 2 is 1.64 bits per heavy atom. The van der Waals surface area contributed by atoms with Gasteiger partial charge in [0, 0.05) is 10.9 Å². The predicted molar refractivity (Wildman–Crippen MR) is 104 cm³/mol. The van der Waals surface area contributed by atoms with E-state index in [0.717, 1.165) is 5.39 Å². The van der Waals surface area contributed by atoms with Gasteiger partial charge in [-0.3, -0.25) is 4.79 Å². The first-order chi connectivity index (χ1) is 13.6. The van der Waals surface area contributed by atoms with E-state index in [9.17, 15) is 4.79 Å². The lowest BCUT2D eigenvalue weighted by Crippen LogP contribution is -2.16. The molecule has 28 heavy (non-hydrogen) atoms. The van der Waals surface area contributed by atoms with Gasteiger partial charge >= 0.3 is 5.91 Å². The molecular formula is C20H20N2O6. The van der Waals surface area contributed by atoms with Crippen LogP contribution in [-0.2, 0) is 0 Å². The molecule has 0 fully saturated rings. The predicted octanol–water partition coefficient (Wildman–Crippen LogP) is 3.23. The number of amides is 1. The molecule has 0 atom stereocenters. The third-order valence-corrected chi connectivity index (χ3v) is 4.02. The Kier molecular flexibility index (Phi) is 5.69. The number of fused-ring (bicyclic) bond motifs is 1. The number of hydrogen-bond acceptors (Lipinski definition) is 7. The Bertz CT molecular complexity index is 1000. The Hall–Kier alpha value is -3.68. The molecule has 1 N–H and O–H groups in total. The number of hydrazone groups is 1. The molecule has 8 heteroatoms. The van der Waals surface area contributed by atoms with E-state index in [1.807, 2.05) is 12.1 Å². The minimum atomic E-state index is -0.484. The molecule has 0 saturated carbocycles. The summed E-state index contributed by atoms with van der Waals surface area (Å²) in [7, 11) is 6.11. The van der Waals surface area contributed by atoms with E-state index in [1.54, 1.807) is 31.4 Å². The summed E-state index contributed by atoms with van der Waals surface area (Å²) in [5.41, 5.74) is 3.59. The molecule has 0 aliphatic carbocycles. The normalized spacial score (nSPS) is 10.9. The zero-order chi connectivity index (χ0) is 20.1. The molecule has 0 unspecified atom stereocenters. The van der Waals surface area contributed by atoms with E-state index in [2.05, 4.69) is 10.5 Å². The van der Waals surface area contributed by atoms with Crippen LogP contribution in [0.3, 0.4) is 0 Å². The van der Waals surface area contributed by atoms with Crippen LogP contribution in [0.15, 0.2) is 45.9 Å². The highest BCUT2D eigenvalue weighted by molar-refractivity contribution is 5.97. The molecule has 8 nitrogen and oxygen atoms in total. The number of carbonyl (C=O) groups excluding carboxylic acids is 1. The fourth-order valence-electron chi connectivity index (χ4n) is 2.71. The van der Waals surface area contributed by atoms with Crippen LogP contribution < -0.4 is 24.4 Å². The van der Waals surface area contributed by atoms with Gasteiger partial charge in [-0.15, -0.1) is 0 Å². The van der Waals surface area contributed by atoms with Gasteiger partial charge in [0.25, 0.3) is 0 Å². The monoisotopic (exact) mass is 384 g/mol. The highest BCUT2D eigenvalue weighted by atomic mass is 16.5. The zero-order valence-electron chi connectivity index (χ0n) is 15.9. The van der Waals surface area contributed by atoms with Crippen LogP contribution in [0.1, 0.15) is 16.1 Å². The molecule has 1 amide bonds. The van der Waals surface area contributed by atoms with Crippen LogP contribution in [0.25, 0.3) is 11.0 Å². The van der Waals surface area contributed by atoms with Crippen LogP contribution in [0.5, 0.6) is 23.0 Å². The molecule has 1 aromatic heterocycles. The second kappa shape index (κ2) is 8.34. The largest absolute Gasteiger partial charge is 0.493 e. The number of furan rings is 1. The maximum Gasteiger partial charge on any atom is 0.307 e. The number of hydrogen-bond donors (Lipinski definition) is 1. The van der Waals surface area contributed by atoms with Crippen LogP contribution in [0.4, 0.5) is 0 Å². The van der Waals surface area contributed by atoms with Crippen molar-refractivity contribution in [2.75, 3.05) is 28.4 Å². The van der Waals surface area contributed by atoms with Crippen molar-refractivity contribution in [3.8, 4) is 23.0 Å². The second-order valence-electron chi connectivity index (χ2n) is 5.65. The average Bonchev–Trinajstić information content (AvgIpc) is 3.17. The summed E-state index contributed by atoms with van der Waals surface area (Å²) in [5.74, 6) is 1.64. The minimum Gasteiger partial charge on any atom is -0.493 e. The number of benzene rings is 2. The summed E-state index contributed by atoms with van der Waals surface area (Å²) >= 11 is 0. The first-order valence-corrected chi connectivity index (χ1v) is 8.31. The van der Waals surface area contributed by atoms with Gasteiger partial charge < -0.3 is 23.4 Å². The first-order valence-electron chi connectivity index (χ1n) is 8.31. The quantitative estimate of drug-likeness (QED) is 0.497. The molecule has 0 bridgehead atoms. The molecule has 0 radical (unpaired) electrons. The molecule has 0 spiro atoms. The van der Waals surface area contributed by atoms with E-state index in [0.29, 0.717) is 34.1 Å². The van der Waals surface area contributed by atoms with E-state index >= 15 is 0 Å². The second-order valence-corrected chi connectivity index (χ2v) is 5.65. The molecule has 3 aromatic rings. The summed E-state index contributed by atoms with van der Waals surface area (Å²) in [6, 6.07) is 10.5. The number of methoxy groups -OCH3 is 4. The molecule has 2 aromatic carbocycles. The fraction of sp³-hybridized carbons (Fsp3) is 0.200. The Balaban J connectivity index is 1.78. The van der Waals surface area contributed by atoms with Gasteiger partial charge in [-0.1, -0.05) is 12.1 Å². The summed E-state index contributed by atoms with van der Waals surface area (Å²) in [4.78, 5) is 12.3. The molecule has 0 aliphatic rings. The van der Waals surface area contributed by atoms with Crippen molar-refractivity contribution in [3.63, 3.8) is 0 Å². The number of nitrogens with one attached hydrogen (secondary N) is 1. The average molecular weight is 384 g/mol. The molecular weight excluding hydrogens is 364 g/mol. The summed E-state index contributed by atoms with van der Waals surface area (Å²) in [5, 5.41) is 4.73. The Labute approximate surface area is 161 Å². The molecule has 0 aliphatic heterocycles. The van der Waals surface area contributed by atoms with Gasteiger partial charge in [-0.2, -0.15) is 5.10 Å². The van der Waals surface area contributed by atoms with Crippen LogP contribution in [-0.4, -0.2) is 40.6 Å². The van der Waals surface area contributed by atoms with Crippen LogP contribution in [0.2, 0.25) is 0 Å². The third-order valence-electron chi connectivity index (χ3n) is 4.02. The number of rotatable bonds is 7. The van der Waals surface area contributed by atoms with Crippen molar-refractivity contribution in [2.24, 2.45) is 5.10 Å². The number of nitrogens with zero attached hydrogens (tertiary/aromatic N) is 1. The Morgan fingerprint density at radius 3 is 2.25 bits per heavy atom. The summed E-state index contributed by atoms with van der Waals surface area (Å²) in [6.45, 7) is 0. The lowest BCUT2D eigenvalue weighted by atomic mass is 10.2. The topological polar surface area (TPSA) is 91.5 Å². The SMILES string of the molecule is COc1cc(/C=N/NC(=O)c2cc3cccc(OC)c3o2)cc(OC)c1OC. The van der Waals surface area contributed by atoms with Gasteiger partial charge in [0.15, 0.2) is 28.6 Å². The highest BCUT2D eigenvalue weighted by Crippen LogP contribution is 2.37. The molecule has 1 heterocycles. The maximum atomic E-state index is 12.3. The van der Waals surface area contributed by atoms with Crippen molar-refractivity contribution in [3.05, 3.63) is 47.7 Å². The van der Waals surface area contributed by atoms with Crippen molar-refractivity contribution >= 4 is 23.1 Å². The van der Waals surface area contributed by atoms with E-state index < -0.39 is 5.91 Å². The van der Waals surface area contributed by atoms with E-state index in [1.165, 1.54) is 27.5 Å². The standard InChI is InChI=1S/C20H20N2O6/c1-24-14-7-5-6-13-10-17(28-18(13)14)20(23)22-21-11-12-8-15(25-2)19(27-4)16(9-12)26-3/h5-11H,1-4H3,(H,22,23)/b21-11+. The van der Waals surface area contributed by atoms with Crippen molar-refractivity contribution in [1.29, 1.82) is 0 Å². The van der Waals surface area contributed by atoms with Crippen LogP contribution >= 0.6 is 0 Å². The minimum absolute atomic E-state index is 0.126. The van der Waals surface area contributed by atoms with Crippen molar-refractivity contribution in [1.82, 2.24) is 5.43 Å². The van der Waals surface area contributed by atoms with Gasteiger partial charge in [-0.25, -0.2) is 5.43 Å². The maximum absolute atomic E-state index is 12.3. The van der Waals surface area contributed by atoms with Gasteiger partial charge in [0.2, 0.25) is 5.75 Å².